The van der Waals surface area contributed by atoms with Gasteiger partial charge in [0.2, 0.25) is 0 Å². The molecule has 1 aromatic heterocycles. The van der Waals surface area contributed by atoms with E-state index in [1.165, 1.54) is 4.90 Å². The van der Waals surface area contributed by atoms with Gasteiger partial charge < -0.3 is 25.0 Å². The highest BCUT2D eigenvalue weighted by Crippen LogP contribution is 2.13. The van der Waals surface area contributed by atoms with Crippen molar-refractivity contribution in [1.82, 2.24) is 30.3 Å². The van der Waals surface area contributed by atoms with E-state index in [-0.39, 0.29) is 36.1 Å². The minimum absolute atomic E-state index is 0. The van der Waals surface area contributed by atoms with Crippen LogP contribution in [0.2, 0.25) is 0 Å². The number of nitrogens with zero attached hydrogens (tertiary/aromatic N) is 5. The molecule has 1 aliphatic rings. The lowest BCUT2D eigenvalue weighted by molar-refractivity contribution is 0.0304. The van der Waals surface area contributed by atoms with Gasteiger partial charge in [-0.3, -0.25) is 4.99 Å². The van der Waals surface area contributed by atoms with Crippen LogP contribution >= 0.6 is 24.0 Å². The summed E-state index contributed by atoms with van der Waals surface area (Å²) in [5, 5.41) is 11.2. The van der Waals surface area contributed by atoms with Gasteiger partial charge in [0.25, 0.3) is 0 Å². The minimum atomic E-state index is -0.505. The number of methoxy groups -OCH3 is 1. The van der Waals surface area contributed by atoms with Gasteiger partial charge in [-0.2, -0.15) is 5.10 Å². The minimum Gasteiger partial charge on any atom is -0.444 e. The summed E-state index contributed by atoms with van der Waals surface area (Å²) in [6.07, 6.45) is 1.46. The number of carbonyl (C=O) groups excluding carboxylic acids is 1. The number of hydrogen-bond donors (Lipinski definition) is 2. The molecular formula is C19H36IN7O3. The highest BCUT2D eigenvalue weighted by atomic mass is 127. The second-order valence-corrected chi connectivity index (χ2v) is 8.10. The fourth-order valence-corrected chi connectivity index (χ4v) is 2.92. The maximum Gasteiger partial charge on any atom is 0.410 e. The van der Waals surface area contributed by atoms with Crippen molar-refractivity contribution in [2.45, 2.75) is 65.3 Å². The lowest BCUT2D eigenvalue weighted by Crippen LogP contribution is -2.47. The molecule has 0 bridgehead atoms. The van der Waals surface area contributed by atoms with E-state index in [4.69, 9.17) is 9.47 Å². The van der Waals surface area contributed by atoms with E-state index in [0.29, 0.717) is 25.5 Å². The van der Waals surface area contributed by atoms with E-state index < -0.39 is 5.60 Å². The van der Waals surface area contributed by atoms with Crippen LogP contribution in [-0.2, 0) is 29.0 Å². The molecule has 30 heavy (non-hydrogen) atoms. The molecule has 2 rings (SSSR count). The zero-order valence-electron chi connectivity index (χ0n) is 18.9. The fourth-order valence-electron chi connectivity index (χ4n) is 2.92. The Labute approximate surface area is 196 Å². The first-order chi connectivity index (χ1) is 13.7. The molecule has 11 heteroatoms. The van der Waals surface area contributed by atoms with Gasteiger partial charge in [0, 0.05) is 39.7 Å². The molecule has 0 spiro atoms. The number of rotatable bonds is 7. The second kappa shape index (κ2) is 12.3. The van der Waals surface area contributed by atoms with Crippen molar-refractivity contribution >= 4 is 36.0 Å². The first kappa shape index (κ1) is 26.4. The van der Waals surface area contributed by atoms with E-state index in [9.17, 15) is 4.79 Å². The van der Waals surface area contributed by atoms with Gasteiger partial charge >= 0.3 is 6.09 Å². The third kappa shape index (κ3) is 8.62. The van der Waals surface area contributed by atoms with E-state index in [0.717, 1.165) is 37.7 Å². The lowest BCUT2D eigenvalue weighted by atomic mass is 10.1. The molecule has 0 aromatic carbocycles. The molecule has 1 aromatic rings. The summed E-state index contributed by atoms with van der Waals surface area (Å²) in [6.45, 7) is 10.5. The Kier molecular flexibility index (Phi) is 10.8. The predicted molar refractivity (Wildman–Crippen MR) is 126 cm³/mol. The molecular weight excluding hydrogens is 501 g/mol. The van der Waals surface area contributed by atoms with Crippen LogP contribution in [0.3, 0.4) is 0 Å². The molecule has 1 amide bonds. The standard InChI is InChI=1S/C19H35N7O3.HI/c1-7-20-17(21-10-11-25(5)18(27)29-19(2,3)4)22-14-8-9-16-23-15(13-28-6)24-26(16)12-14;/h14H,7-13H2,1-6H3,(H2,20,21,22);1H. The summed E-state index contributed by atoms with van der Waals surface area (Å²) in [4.78, 5) is 22.7. The van der Waals surface area contributed by atoms with E-state index in [1.54, 1.807) is 14.2 Å². The number of amides is 1. The summed E-state index contributed by atoms with van der Waals surface area (Å²) < 4.78 is 12.4. The molecule has 0 aliphatic carbocycles. The Morgan fingerprint density at radius 2 is 2.13 bits per heavy atom. The maximum absolute atomic E-state index is 12.0. The van der Waals surface area contributed by atoms with Gasteiger partial charge in [0.05, 0.1) is 13.1 Å². The molecule has 10 nitrogen and oxygen atoms in total. The Bertz CT molecular complexity index is 703. The molecule has 2 N–H and O–H groups in total. The van der Waals surface area contributed by atoms with Crippen molar-refractivity contribution in [3.05, 3.63) is 11.6 Å². The van der Waals surface area contributed by atoms with Crippen molar-refractivity contribution in [3.8, 4) is 0 Å². The van der Waals surface area contributed by atoms with Crippen LogP contribution in [0.15, 0.2) is 4.99 Å². The van der Waals surface area contributed by atoms with E-state index >= 15 is 0 Å². The van der Waals surface area contributed by atoms with Crippen LogP contribution in [0.25, 0.3) is 0 Å². The summed E-state index contributed by atoms with van der Waals surface area (Å²) >= 11 is 0. The second-order valence-electron chi connectivity index (χ2n) is 8.10. The number of likely N-dealkylation sites (N-methyl/N-ethyl adjacent to an activating group) is 1. The number of guanidine groups is 1. The number of carbonyl (C=O) groups is 1. The van der Waals surface area contributed by atoms with Crippen LogP contribution in [0, 0.1) is 0 Å². The summed E-state index contributed by atoms with van der Waals surface area (Å²) in [7, 11) is 3.36. The van der Waals surface area contributed by atoms with Crippen LogP contribution in [0.5, 0.6) is 0 Å². The number of ether oxygens (including phenoxy) is 2. The number of fused-ring (bicyclic) bond motifs is 1. The van der Waals surface area contributed by atoms with Gasteiger partial charge in [-0.25, -0.2) is 14.5 Å². The summed E-state index contributed by atoms with van der Waals surface area (Å²) in [6, 6.07) is 0.209. The Morgan fingerprint density at radius 1 is 1.40 bits per heavy atom. The number of aryl methyl sites for hydroxylation is 1. The monoisotopic (exact) mass is 537 g/mol. The fraction of sp³-hybridized carbons (Fsp3) is 0.789. The molecule has 1 atom stereocenters. The first-order valence-corrected chi connectivity index (χ1v) is 10.1. The third-order valence-corrected chi connectivity index (χ3v) is 4.27. The van der Waals surface area contributed by atoms with Crippen LogP contribution < -0.4 is 10.6 Å². The number of hydrogen-bond acceptors (Lipinski definition) is 6. The number of aliphatic imine (C=N–C) groups is 1. The third-order valence-electron chi connectivity index (χ3n) is 4.27. The maximum atomic E-state index is 12.0. The van der Waals surface area contributed by atoms with Crippen LogP contribution in [0.4, 0.5) is 4.79 Å². The number of aromatic nitrogens is 3. The van der Waals surface area contributed by atoms with Crippen molar-refractivity contribution in [2.24, 2.45) is 4.99 Å². The molecule has 172 valence electrons. The molecule has 0 radical (unpaired) electrons. The van der Waals surface area contributed by atoms with Gasteiger partial charge in [-0.05, 0) is 34.1 Å². The molecule has 2 heterocycles. The van der Waals surface area contributed by atoms with Crippen molar-refractivity contribution < 1.29 is 14.3 Å². The number of halogens is 1. The van der Waals surface area contributed by atoms with Crippen molar-refractivity contribution in [2.75, 3.05) is 33.8 Å². The average molecular weight is 537 g/mol. The summed E-state index contributed by atoms with van der Waals surface area (Å²) in [5.41, 5.74) is -0.505. The normalized spacial score (nSPS) is 16.3. The van der Waals surface area contributed by atoms with Crippen LogP contribution in [0.1, 0.15) is 45.8 Å². The summed E-state index contributed by atoms with van der Waals surface area (Å²) in [5.74, 6) is 2.45. The highest BCUT2D eigenvalue weighted by molar-refractivity contribution is 14.0. The van der Waals surface area contributed by atoms with Gasteiger partial charge in [0.1, 0.15) is 18.0 Å². The van der Waals surface area contributed by atoms with Crippen molar-refractivity contribution in [1.29, 1.82) is 0 Å². The average Bonchev–Trinajstić information content (AvgIpc) is 3.02. The SMILES string of the molecule is CCNC(=NCCN(C)C(=O)OC(C)(C)C)NC1CCc2nc(COC)nn2C1.I. The van der Waals surface area contributed by atoms with Gasteiger partial charge in [-0.15, -0.1) is 24.0 Å². The van der Waals surface area contributed by atoms with Crippen molar-refractivity contribution in [3.63, 3.8) is 0 Å². The van der Waals surface area contributed by atoms with E-state index in [2.05, 4.69) is 25.7 Å². The quantitative estimate of drug-likeness (QED) is 0.310. The number of nitrogens with one attached hydrogen (secondary N) is 2. The topological polar surface area (TPSA) is 106 Å². The zero-order chi connectivity index (χ0) is 21.4. The molecule has 1 aliphatic heterocycles. The Morgan fingerprint density at radius 3 is 2.77 bits per heavy atom. The Hall–Kier alpha value is -1.63. The lowest BCUT2D eigenvalue weighted by Gasteiger charge is -2.26. The molecule has 0 saturated heterocycles. The smallest absolute Gasteiger partial charge is 0.410 e. The van der Waals surface area contributed by atoms with Gasteiger partial charge in [0.15, 0.2) is 11.8 Å². The first-order valence-electron chi connectivity index (χ1n) is 10.1. The molecule has 1 unspecified atom stereocenters. The van der Waals surface area contributed by atoms with Crippen LogP contribution in [-0.4, -0.2) is 77.2 Å². The largest absolute Gasteiger partial charge is 0.444 e. The predicted octanol–water partition coefficient (Wildman–Crippen LogP) is 1.78. The van der Waals surface area contributed by atoms with Gasteiger partial charge in [-0.1, -0.05) is 0 Å². The molecule has 0 fully saturated rings. The molecule has 0 saturated carbocycles. The highest BCUT2D eigenvalue weighted by Gasteiger charge is 2.23. The van der Waals surface area contributed by atoms with E-state index in [1.807, 2.05) is 32.4 Å². The zero-order valence-corrected chi connectivity index (χ0v) is 21.2. The Balaban J connectivity index is 0.00000450.